The molecule has 1 fully saturated rings. The molecule has 144 valence electrons. The van der Waals surface area contributed by atoms with E-state index in [1.165, 1.54) is 22.7 Å². The average Bonchev–Trinajstić information content (AvgIpc) is 3.10. The van der Waals surface area contributed by atoms with Gasteiger partial charge < -0.3 is 10.5 Å². The summed E-state index contributed by atoms with van der Waals surface area (Å²) in [5.41, 5.74) is 9.43. The van der Waals surface area contributed by atoms with Gasteiger partial charge in [-0.25, -0.2) is 14.6 Å². The van der Waals surface area contributed by atoms with Crippen molar-refractivity contribution in [3.63, 3.8) is 0 Å². The van der Waals surface area contributed by atoms with Crippen molar-refractivity contribution in [2.75, 3.05) is 18.0 Å². The van der Waals surface area contributed by atoms with Gasteiger partial charge in [-0.05, 0) is 23.8 Å². The highest BCUT2D eigenvalue weighted by atomic mass is 32.2. The monoisotopic (exact) mass is 400 g/mol. The summed E-state index contributed by atoms with van der Waals surface area (Å²) < 4.78 is 19.9. The number of hydrogen-bond donors (Lipinski definition) is 2. The van der Waals surface area contributed by atoms with E-state index in [2.05, 4.69) is 10.5 Å². The number of ether oxygens (including phenoxy) is 1. The first-order valence-electron chi connectivity index (χ1n) is 8.64. The van der Waals surface area contributed by atoms with Gasteiger partial charge in [0, 0.05) is 12.1 Å². The number of amides is 2. The summed E-state index contributed by atoms with van der Waals surface area (Å²) in [7, 11) is 0. The molecule has 0 spiro atoms. The van der Waals surface area contributed by atoms with Gasteiger partial charge in [0.1, 0.15) is 22.2 Å². The number of nitrogens with one attached hydrogen (secondary N) is 1. The number of carbonyl (C=O) groups is 2. The third kappa shape index (κ3) is 3.46. The van der Waals surface area contributed by atoms with Crippen LogP contribution < -0.4 is 16.1 Å². The second-order valence-electron chi connectivity index (χ2n) is 6.32. The lowest BCUT2D eigenvalue weighted by Crippen LogP contribution is -2.30. The van der Waals surface area contributed by atoms with E-state index in [0.717, 1.165) is 5.56 Å². The third-order valence-electron chi connectivity index (χ3n) is 4.47. The summed E-state index contributed by atoms with van der Waals surface area (Å²) in [6.45, 7) is 0.479. The number of nitrogens with zero attached hydrogens (tertiary/aromatic N) is 2. The number of benzene rings is 2. The molecule has 2 aromatic rings. The topological polar surface area (TPSA) is 97.0 Å². The molecule has 4 rings (SSSR count). The van der Waals surface area contributed by atoms with E-state index in [-0.39, 0.29) is 24.6 Å². The molecule has 2 aliphatic rings. The summed E-state index contributed by atoms with van der Waals surface area (Å²) in [4.78, 5) is 25.4. The van der Waals surface area contributed by atoms with Crippen LogP contribution >= 0.6 is 11.8 Å². The lowest BCUT2D eigenvalue weighted by Gasteiger charge is -2.22. The molecule has 0 radical (unpaired) electrons. The Bertz CT molecular complexity index is 953. The van der Waals surface area contributed by atoms with Crippen molar-refractivity contribution in [3.05, 3.63) is 65.5 Å². The van der Waals surface area contributed by atoms with Crippen molar-refractivity contribution in [2.24, 2.45) is 10.8 Å². The molecule has 1 unspecified atom stereocenters. The van der Waals surface area contributed by atoms with Gasteiger partial charge in [0.25, 0.3) is 5.91 Å². The van der Waals surface area contributed by atoms with E-state index in [9.17, 15) is 14.0 Å². The van der Waals surface area contributed by atoms with Gasteiger partial charge in [0.15, 0.2) is 0 Å². The van der Waals surface area contributed by atoms with Crippen LogP contribution in [-0.4, -0.2) is 36.2 Å². The highest BCUT2D eigenvalue weighted by Gasteiger charge is 2.33. The highest BCUT2D eigenvalue weighted by molar-refractivity contribution is 8.15. The lowest BCUT2D eigenvalue weighted by atomic mass is 10.1. The van der Waals surface area contributed by atoms with Gasteiger partial charge in [0.2, 0.25) is 0 Å². The molecule has 0 saturated carbocycles. The number of anilines is 1. The van der Waals surface area contributed by atoms with E-state index in [1.54, 1.807) is 12.1 Å². The molecule has 2 heterocycles. The first-order valence-corrected chi connectivity index (χ1v) is 9.52. The highest BCUT2D eigenvalue weighted by Crippen LogP contribution is 2.36. The summed E-state index contributed by atoms with van der Waals surface area (Å²) in [5, 5.41) is 3.84. The lowest BCUT2D eigenvalue weighted by molar-refractivity contribution is -0.120. The minimum absolute atomic E-state index is 0.205. The van der Waals surface area contributed by atoms with E-state index in [1.807, 2.05) is 30.3 Å². The molecule has 3 N–H and O–H groups in total. The zero-order chi connectivity index (χ0) is 19.7. The maximum absolute atomic E-state index is 14.8. The molecule has 28 heavy (non-hydrogen) atoms. The number of cyclic esters (lactones) is 1. The van der Waals surface area contributed by atoms with Crippen LogP contribution in [0.2, 0.25) is 0 Å². The zero-order valence-electron chi connectivity index (χ0n) is 14.7. The smallest absolute Gasteiger partial charge is 0.414 e. The van der Waals surface area contributed by atoms with Crippen molar-refractivity contribution in [3.8, 4) is 0 Å². The normalized spacial score (nSPS) is 21.9. The quantitative estimate of drug-likeness (QED) is 0.821. The minimum Gasteiger partial charge on any atom is -0.443 e. The molecule has 7 nitrogen and oxygen atoms in total. The molecule has 2 amide bonds. The third-order valence-corrected chi connectivity index (χ3v) is 5.73. The molecule has 2 atom stereocenters. The fraction of sp³-hybridized carbons (Fsp3) is 0.211. The van der Waals surface area contributed by atoms with Crippen LogP contribution in [0, 0.1) is 5.82 Å². The van der Waals surface area contributed by atoms with Crippen molar-refractivity contribution >= 4 is 34.5 Å². The second kappa shape index (κ2) is 7.61. The van der Waals surface area contributed by atoms with Crippen LogP contribution in [0.25, 0.3) is 0 Å². The molecule has 0 bridgehead atoms. The van der Waals surface area contributed by atoms with Crippen LogP contribution in [0.4, 0.5) is 14.9 Å². The summed E-state index contributed by atoms with van der Waals surface area (Å²) in [6.07, 6.45) is -0.959. The molecular weight excluding hydrogens is 383 g/mol. The van der Waals surface area contributed by atoms with E-state index >= 15 is 0 Å². The van der Waals surface area contributed by atoms with Gasteiger partial charge in [-0.3, -0.25) is 9.69 Å². The first kappa shape index (κ1) is 18.5. The zero-order valence-corrected chi connectivity index (χ0v) is 15.5. The Kier molecular flexibility index (Phi) is 5.01. The van der Waals surface area contributed by atoms with E-state index in [4.69, 9.17) is 10.5 Å². The summed E-state index contributed by atoms with van der Waals surface area (Å²) >= 11 is 1.18. The Morgan fingerprint density at radius 2 is 2.04 bits per heavy atom. The fourth-order valence-electron chi connectivity index (χ4n) is 3.03. The van der Waals surface area contributed by atoms with Gasteiger partial charge in [-0.2, -0.15) is 5.10 Å². The molecule has 0 aromatic heterocycles. The number of carbonyl (C=O) groups excluding carboxylic acids is 2. The Balaban J connectivity index is 1.58. The number of nitrogens with two attached hydrogens (primary N) is 1. The van der Waals surface area contributed by atoms with Crippen molar-refractivity contribution in [1.82, 2.24) is 5.43 Å². The Hall–Kier alpha value is -2.91. The van der Waals surface area contributed by atoms with Crippen LogP contribution in [0.1, 0.15) is 16.4 Å². The SMILES string of the molecule is NC[C@H]1CN(c2ccc(C3=NNC(=O)C(c4ccccc4)S3)c(F)c2)C(=O)O1. The maximum atomic E-state index is 14.8. The summed E-state index contributed by atoms with van der Waals surface area (Å²) in [6, 6.07) is 13.6. The van der Waals surface area contributed by atoms with Crippen molar-refractivity contribution in [1.29, 1.82) is 0 Å². The molecule has 0 aliphatic carbocycles. The second-order valence-corrected chi connectivity index (χ2v) is 7.41. The minimum atomic E-state index is -0.552. The Labute approximate surface area is 164 Å². The van der Waals surface area contributed by atoms with Gasteiger partial charge >= 0.3 is 6.09 Å². The number of rotatable bonds is 4. The van der Waals surface area contributed by atoms with Crippen molar-refractivity contribution < 1.29 is 18.7 Å². The van der Waals surface area contributed by atoms with Crippen LogP contribution in [-0.2, 0) is 9.53 Å². The Morgan fingerprint density at radius 3 is 2.71 bits per heavy atom. The van der Waals surface area contributed by atoms with Gasteiger partial charge in [0.05, 0.1) is 12.2 Å². The first-order chi connectivity index (χ1) is 13.6. The number of halogens is 1. The maximum Gasteiger partial charge on any atom is 0.414 e. The number of hydrogen-bond acceptors (Lipinski definition) is 6. The molecule has 2 aromatic carbocycles. The van der Waals surface area contributed by atoms with E-state index in [0.29, 0.717) is 10.7 Å². The molecule has 9 heteroatoms. The molecule has 1 saturated heterocycles. The van der Waals surface area contributed by atoms with E-state index < -0.39 is 23.3 Å². The van der Waals surface area contributed by atoms with Crippen LogP contribution in [0.5, 0.6) is 0 Å². The van der Waals surface area contributed by atoms with Gasteiger partial charge in [-0.15, -0.1) is 0 Å². The molecule has 2 aliphatic heterocycles. The predicted molar refractivity (Wildman–Crippen MR) is 105 cm³/mol. The summed E-state index contributed by atoms with van der Waals surface area (Å²) in [5.74, 6) is -0.805. The Morgan fingerprint density at radius 1 is 1.25 bits per heavy atom. The predicted octanol–water partition coefficient (Wildman–Crippen LogP) is 2.38. The molecular formula is C19H17FN4O3S. The van der Waals surface area contributed by atoms with Crippen LogP contribution in [0.15, 0.2) is 53.6 Å². The average molecular weight is 400 g/mol. The largest absolute Gasteiger partial charge is 0.443 e. The fourth-order valence-corrected chi connectivity index (χ4v) is 4.09. The standard InChI is InChI=1S/C19H17FN4O3S/c20-15-8-12(24-10-13(9-21)27-19(24)26)6-7-14(15)18-23-22-17(25)16(28-18)11-4-2-1-3-5-11/h1-8,13,16H,9-10,21H2,(H,22,25)/t13-,16?/m0/s1. The van der Waals surface area contributed by atoms with Gasteiger partial charge in [-0.1, -0.05) is 42.1 Å². The van der Waals surface area contributed by atoms with Crippen molar-refractivity contribution in [2.45, 2.75) is 11.4 Å². The van der Waals surface area contributed by atoms with Crippen LogP contribution in [0.3, 0.4) is 0 Å². The number of hydrazone groups is 1. The number of thioether (sulfide) groups is 1.